The third-order valence-electron chi connectivity index (χ3n) is 4.01. The number of amides is 1. The summed E-state index contributed by atoms with van der Waals surface area (Å²) in [6, 6.07) is 12.4. The van der Waals surface area contributed by atoms with Crippen LogP contribution in [0.5, 0.6) is 0 Å². The predicted octanol–water partition coefficient (Wildman–Crippen LogP) is 3.15. The summed E-state index contributed by atoms with van der Waals surface area (Å²) in [4.78, 5) is 14.3. The summed E-state index contributed by atoms with van der Waals surface area (Å²) >= 11 is 1.68. The van der Waals surface area contributed by atoms with Crippen LogP contribution in [0.3, 0.4) is 0 Å². The standard InChI is InChI=1S/C18H21NO2S/c20-18(7-6-16-8-11-22-14-16)19-9-10-21-17(13-19)12-15-4-2-1-3-5-15/h1-5,8,11,14,17H,6-7,9-10,12-13H2. The van der Waals surface area contributed by atoms with Crippen molar-refractivity contribution >= 4 is 17.2 Å². The molecule has 0 N–H and O–H groups in total. The molecule has 2 aromatic rings. The molecule has 0 aliphatic carbocycles. The van der Waals surface area contributed by atoms with E-state index in [2.05, 4.69) is 29.0 Å². The highest BCUT2D eigenvalue weighted by atomic mass is 32.1. The third-order valence-corrected chi connectivity index (χ3v) is 4.74. The van der Waals surface area contributed by atoms with Gasteiger partial charge in [0.2, 0.25) is 5.91 Å². The molecule has 4 heteroatoms. The van der Waals surface area contributed by atoms with Crippen molar-refractivity contribution in [3.05, 3.63) is 58.3 Å². The van der Waals surface area contributed by atoms with Gasteiger partial charge in [-0.25, -0.2) is 0 Å². The van der Waals surface area contributed by atoms with Gasteiger partial charge >= 0.3 is 0 Å². The van der Waals surface area contributed by atoms with Gasteiger partial charge in [0, 0.05) is 25.9 Å². The van der Waals surface area contributed by atoms with Gasteiger partial charge in [-0.2, -0.15) is 11.3 Å². The molecule has 0 bridgehead atoms. The number of hydrogen-bond donors (Lipinski definition) is 0. The molecule has 3 rings (SSSR count). The number of rotatable bonds is 5. The molecule has 1 atom stereocenters. The number of aryl methyl sites for hydroxylation is 1. The van der Waals surface area contributed by atoms with Crippen LogP contribution in [-0.4, -0.2) is 36.6 Å². The lowest BCUT2D eigenvalue weighted by atomic mass is 10.1. The second-order valence-corrected chi connectivity index (χ2v) is 6.43. The fraction of sp³-hybridized carbons (Fsp3) is 0.389. The Hall–Kier alpha value is -1.65. The normalized spacial score (nSPS) is 18.4. The van der Waals surface area contributed by atoms with Crippen molar-refractivity contribution in [2.75, 3.05) is 19.7 Å². The van der Waals surface area contributed by atoms with Crippen molar-refractivity contribution in [2.24, 2.45) is 0 Å². The first kappa shape index (κ1) is 15.3. The Balaban J connectivity index is 1.50. The van der Waals surface area contributed by atoms with Crippen molar-refractivity contribution in [1.29, 1.82) is 0 Å². The van der Waals surface area contributed by atoms with E-state index < -0.39 is 0 Å². The molecule has 1 aromatic carbocycles. The minimum Gasteiger partial charge on any atom is -0.374 e. The zero-order valence-corrected chi connectivity index (χ0v) is 13.4. The van der Waals surface area contributed by atoms with Gasteiger partial charge in [0.1, 0.15) is 0 Å². The summed E-state index contributed by atoms with van der Waals surface area (Å²) in [6.07, 6.45) is 2.41. The molecular weight excluding hydrogens is 294 g/mol. The van der Waals surface area contributed by atoms with Crippen molar-refractivity contribution in [3.8, 4) is 0 Å². The summed E-state index contributed by atoms with van der Waals surface area (Å²) in [5.74, 6) is 0.243. The predicted molar refractivity (Wildman–Crippen MR) is 89.1 cm³/mol. The fourth-order valence-corrected chi connectivity index (χ4v) is 3.49. The Labute approximate surface area is 135 Å². The van der Waals surface area contributed by atoms with Crippen LogP contribution in [0.25, 0.3) is 0 Å². The van der Waals surface area contributed by atoms with Gasteiger partial charge in [0.25, 0.3) is 0 Å². The molecule has 0 spiro atoms. The third kappa shape index (κ3) is 4.18. The molecule has 3 nitrogen and oxygen atoms in total. The molecule has 1 aliphatic heterocycles. The molecule has 1 saturated heterocycles. The number of hydrogen-bond acceptors (Lipinski definition) is 3. The van der Waals surface area contributed by atoms with Crippen molar-refractivity contribution in [1.82, 2.24) is 4.90 Å². The molecule has 116 valence electrons. The van der Waals surface area contributed by atoms with E-state index >= 15 is 0 Å². The van der Waals surface area contributed by atoms with Gasteiger partial charge in [0.15, 0.2) is 0 Å². The Morgan fingerprint density at radius 1 is 1.23 bits per heavy atom. The lowest BCUT2D eigenvalue weighted by molar-refractivity contribution is -0.138. The number of benzene rings is 1. The maximum absolute atomic E-state index is 12.4. The second-order valence-electron chi connectivity index (χ2n) is 5.65. The van der Waals surface area contributed by atoms with Crippen molar-refractivity contribution in [3.63, 3.8) is 0 Å². The lowest BCUT2D eigenvalue weighted by Gasteiger charge is -2.33. The van der Waals surface area contributed by atoms with Crippen LogP contribution >= 0.6 is 11.3 Å². The van der Waals surface area contributed by atoms with Gasteiger partial charge in [-0.1, -0.05) is 30.3 Å². The van der Waals surface area contributed by atoms with Gasteiger partial charge in [-0.15, -0.1) is 0 Å². The van der Waals surface area contributed by atoms with E-state index in [0.29, 0.717) is 26.1 Å². The first-order chi connectivity index (χ1) is 10.8. The Morgan fingerprint density at radius 3 is 2.86 bits per heavy atom. The van der Waals surface area contributed by atoms with E-state index in [-0.39, 0.29) is 12.0 Å². The van der Waals surface area contributed by atoms with Crippen molar-refractivity contribution < 1.29 is 9.53 Å². The molecule has 22 heavy (non-hydrogen) atoms. The molecule has 0 radical (unpaired) electrons. The Kier molecular flexibility index (Phi) is 5.24. The van der Waals surface area contributed by atoms with Crippen LogP contribution in [0.2, 0.25) is 0 Å². The molecule has 1 unspecified atom stereocenters. The summed E-state index contributed by atoms with van der Waals surface area (Å²) in [6.45, 7) is 2.06. The Bertz CT molecular complexity index is 582. The van der Waals surface area contributed by atoms with Crippen LogP contribution in [0.1, 0.15) is 17.5 Å². The van der Waals surface area contributed by atoms with Gasteiger partial charge in [-0.05, 0) is 34.4 Å². The monoisotopic (exact) mass is 315 g/mol. The van der Waals surface area contributed by atoms with Crippen LogP contribution in [-0.2, 0) is 22.4 Å². The summed E-state index contributed by atoms with van der Waals surface area (Å²) in [7, 11) is 0. The number of thiophene rings is 1. The number of nitrogens with zero attached hydrogens (tertiary/aromatic N) is 1. The van der Waals surface area contributed by atoms with Crippen LogP contribution < -0.4 is 0 Å². The second kappa shape index (κ2) is 7.56. The van der Waals surface area contributed by atoms with E-state index in [0.717, 1.165) is 12.8 Å². The van der Waals surface area contributed by atoms with Gasteiger partial charge in [-0.3, -0.25) is 4.79 Å². The molecule has 0 saturated carbocycles. The van der Waals surface area contributed by atoms with Crippen LogP contribution in [0, 0.1) is 0 Å². The Morgan fingerprint density at radius 2 is 2.09 bits per heavy atom. The first-order valence-corrected chi connectivity index (χ1v) is 8.70. The maximum atomic E-state index is 12.4. The summed E-state index contributed by atoms with van der Waals surface area (Å²) in [5, 5.41) is 4.18. The molecule has 1 aromatic heterocycles. The van der Waals surface area contributed by atoms with E-state index in [9.17, 15) is 4.79 Å². The zero-order valence-electron chi connectivity index (χ0n) is 12.6. The topological polar surface area (TPSA) is 29.5 Å². The van der Waals surface area contributed by atoms with Gasteiger partial charge < -0.3 is 9.64 Å². The SMILES string of the molecule is O=C(CCc1ccsc1)N1CCOC(Cc2ccccc2)C1. The molecular formula is C18H21NO2S. The highest BCUT2D eigenvalue weighted by Crippen LogP contribution is 2.14. The van der Waals surface area contributed by atoms with Crippen LogP contribution in [0.4, 0.5) is 0 Å². The molecule has 2 heterocycles. The lowest BCUT2D eigenvalue weighted by Crippen LogP contribution is -2.46. The average Bonchev–Trinajstić information content (AvgIpc) is 3.07. The summed E-state index contributed by atoms with van der Waals surface area (Å²) < 4.78 is 5.82. The minimum absolute atomic E-state index is 0.112. The quantitative estimate of drug-likeness (QED) is 0.848. The van der Waals surface area contributed by atoms with E-state index in [1.54, 1.807) is 11.3 Å². The summed E-state index contributed by atoms with van der Waals surface area (Å²) in [5.41, 5.74) is 2.52. The fourth-order valence-electron chi connectivity index (χ4n) is 2.79. The molecule has 1 fully saturated rings. The maximum Gasteiger partial charge on any atom is 0.223 e. The number of ether oxygens (including phenoxy) is 1. The number of carbonyl (C=O) groups is 1. The molecule has 1 amide bonds. The van der Waals surface area contributed by atoms with Crippen LogP contribution in [0.15, 0.2) is 47.2 Å². The average molecular weight is 315 g/mol. The highest BCUT2D eigenvalue weighted by molar-refractivity contribution is 7.07. The largest absolute Gasteiger partial charge is 0.374 e. The first-order valence-electron chi connectivity index (χ1n) is 7.75. The van der Waals surface area contributed by atoms with Gasteiger partial charge in [0.05, 0.1) is 12.7 Å². The highest BCUT2D eigenvalue weighted by Gasteiger charge is 2.24. The molecule has 1 aliphatic rings. The van der Waals surface area contributed by atoms with Crippen molar-refractivity contribution in [2.45, 2.75) is 25.4 Å². The minimum atomic E-state index is 0.112. The zero-order chi connectivity index (χ0) is 15.2. The van der Waals surface area contributed by atoms with E-state index in [4.69, 9.17) is 4.74 Å². The smallest absolute Gasteiger partial charge is 0.223 e. The number of carbonyl (C=O) groups excluding carboxylic acids is 1. The van der Waals surface area contributed by atoms with E-state index in [1.165, 1.54) is 11.1 Å². The van der Waals surface area contributed by atoms with E-state index in [1.807, 2.05) is 23.1 Å². The number of morpholine rings is 1.